The first-order valence-electron chi connectivity index (χ1n) is 5.86. The number of nitrogens with zero attached hydrogens (tertiary/aromatic N) is 1. The van der Waals surface area contributed by atoms with Crippen molar-refractivity contribution in [1.29, 1.82) is 5.26 Å². The lowest BCUT2D eigenvalue weighted by Gasteiger charge is -2.10. The lowest BCUT2D eigenvalue weighted by Crippen LogP contribution is -2.05. The van der Waals surface area contributed by atoms with E-state index in [1.807, 2.05) is 0 Å². The molecule has 1 N–H and O–H groups in total. The van der Waals surface area contributed by atoms with Gasteiger partial charge in [0.15, 0.2) is 0 Å². The number of benzene rings is 2. The van der Waals surface area contributed by atoms with Gasteiger partial charge in [-0.25, -0.2) is 9.18 Å². The third-order valence-corrected chi connectivity index (χ3v) is 2.99. The van der Waals surface area contributed by atoms with Crippen molar-refractivity contribution < 1.29 is 19.0 Å². The molecule has 6 heteroatoms. The molecule has 2 rings (SSSR count). The quantitative estimate of drug-likeness (QED) is 0.936. The summed E-state index contributed by atoms with van der Waals surface area (Å²) in [5.41, 5.74) is -0.0118. The van der Waals surface area contributed by atoms with E-state index in [4.69, 9.17) is 26.7 Å². The summed E-state index contributed by atoms with van der Waals surface area (Å²) < 4.78 is 19.2. The van der Waals surface area contributed by atoms with Gasteiger partial charge in [-0.05, 0) is 24.3 Å². The summed E-state index contributed by atoms with van der Waals surface area (Å²) in [7, 11) is 0. The molecule has 2 aromatic rings. The molecular formula is C15H9ClFNO3. The molecule has 0 saturated carbocycles. The van der Waals surface area contributed by atoms with Crippen molar-refractivity contribution in [3.63, 3.8) is 0 Å². The topological polar surface area (TPSA) is 70.3 Å². The SMILES string of the molecule is N#Cc1cccc(COc2cc(Cl)ccc2C(=O)O)c1F. The molecule has 0 aliphatic heterocycles. The van der Waals surface area contributed by atoms with Crippen molar-refractivity contribution in [1.82, 2.24) is 0 Å². The highest BCUT2D eigenvalue weighted by atomic mass is 35.5. The van der Waals surface area contributed by atoms with Crippen LogP contribution in [-0.2, 0) is 6.61 Å². The van der Waals surface area contributed by atoms with Crippen LogP contribution < -0.4 is 4.74 Å². The Hall–Kier alpha value is -2.58. The van der Waals surface area contributed by atoms with Crippen LogP contribution in [0.15, 0.2) is 36.4 Å². The van der Waals surface area contributed by atoms with Crippen LogP contribution in [0.5, 0.6) is 5.75 Å². The second-order valence-electron chi connectivity index (χ2n) is 4.12. The average Bonchev–Trinajstić information content (AvgIpc) is 2.46. The van der Waals surface area contributed by atoms with Gasteiger partial charge < -0.3 is 9.84 Å². The summed E-state index contributed by atoms with van der Waals surface area (Å²) in [5, 5.41) is 18.1. The molecule has 0 aliphatic rings. The minimum Gasteiger partial charge on any atom is -0.488 e. The van der Waals surface area contributed by atoms with Gasteiger partial charge >= 0.3 is 5.97 Å². The van der Waals surface area contributed by atoms with Crippen LogP contribution in [0, 0.1) is 17.1 Å². The molecule has 0 fully saturated rings. The summed E-state index contributed by atoms with van der Waals surface area (Å²) in [6.07, 6.45) is 0. The second kappa shape index (κ2) is 6.25. The number of ether oxygens (including phenoxy) is 1. The molecule has 21 heavy (non-hydrogen) atoms. The van der Waals surface area contributed by atoms with Crippen molar-refractivity contribution in [3.05, 3.63) is 63.9 Å². The minimum atomic E-state index is -1.17. The van der Waals surface area contributed by atoms with Crippen LogP contribution in [0.25, 0.3) is 0 Å². The van der Waals surface area contributed by atoms with Crippen LogP contribution in [0.3, 0.4) is 0 Å². The van der Waals surface area contributed by atoms with Crippen molar-refractivity contribution in [2.24, 2.45) is 0 Å². The van der Waals surface area contributed by atoms with Crippen LogP contribution in [0.4, 0.5) is 4.39 Å². The normalized spacial score (nSPS) is 9.95. The van der Waals surface area contributed by atoms with Crippen molar-refractivity contribution in [3.8, 4) is 11.8 Å². The molecule has 2 aromatic carbocycles. The molecule has 106 valence electrons. The van der Waals surface area contributed by atoms with Crippen LogP contribution >= 0.6 is 11.6 Å². The fourth-order valence-corrected chi connectivity index (χ4v) is 1.89. The maximum absolute atomic E-state index is 13.9. The summed E-state index contributed by atoms with van der Waals surface area (Å²) in [5.74, 6) is -1.82. The molecule has 0 radical (unpaired) electrons. The zero-order valence-corrected chi connectivity index (χ0v) is 11.4. The van der Waals surface area contributed by atoms with E-state index in [1.165, 1.54) is 36.4 Å². The van der Waals surface area contributed by atoms with Gasteiger partial charge in [0.1, 0.15) is 29.8 Å². The predicted octanol–water partition coefficient (Wildman–Crippen LogP) is 3.63. The van der Waals surface area contributed by atoms with E-state index in [1.54, 1.807) is 6.07 Å². The van der Waals surface area contributed by atoms with E-state index in [0.717, 1.165) is 0 Å². The Balaban J connectivity index is 2.27. The smallest absolute Gasteiger partial charge is 0.339 e. The Morgan fingerprint density at radius 1 is 1.38 bits per heavy atom. The van der Waals surface area contributed by atoms with Crippen molar-refractivity contribution >= 4 is 17.6 Å². The highest BCUT2D eigenvalue weighted by molar-refractivity contribution is 6.30. The molecule has 0 aliphatic carbocycles. The number of carboxylic acid groups (broad SMARTS) is 1. The van der Waals surface area contributed by atoms with E-state index in [0.29, 0.717) is 5.02 Å². The monoisotopic (exact) mass is 305 g/mol. The number of rotatable bonds is 4. The first-order valence-corrected chi connectivity index (χ1v) is 6.24. The number of halogens is 2. The first-order chi connectivity index (χ1) is 10.0. The fourth-order valence-electron chi connectivity index (χ4n) is 1.73. The van der Waals surface area contributed by atoms with Gasteiger partial charge in [-0.15, -0.1) is 0 Å². The Morgan fingerprint density at radius 3 is 2.81 bits per heavy atom. The van der Waals surface area contributed by atoms with Crippen LogP contribution in [-0.4, -0.2) is 11.1 Å². The second-order valence-corrected chi connectivity index (χ2v) is 4.56. The lowest BCUT2D eigenvalue weighted by molar-refractivity contribution is 0.0691. The van der Waals surface area contributed by atoms with Crippen molar-refractivity contribution in [2.75, 3.05) is 0 Å². The van der Waals surface area contributed by atoms with E-state index in [9.17, 15) is 9.18 Å². The molecule has 0 aromatic heterocycles. The maximum atomic E-state index is 13.9. The van der Waals surface area contributed by atoms with E-state index < -0.39 is 11.8 Å². The Bertz CT molecular complexity index is 740. The van der Waals surface area contributed by atoms with Crippen LogP contribution in [0.1, 0.15) is 21.5 Å². The lowest BCUT2D eigenvalue weighted by atomic mass is 10.1. The van der Waals surface area contributed by atoms with Crippen molar-refractivity contribution in [2.45, 2.75) is 6.61 Å². The number of carboxylic acids is 1. The Kier molecular flexibility index (Phi) is 4.41. The maximum Gasteiger partial charge on any atom is 0.339 e. The Labute approximate surface area is 125 Å². The molecule has 0 atom stereocenters. The number of aromatic carboxylic acids is 1. The third kappa shape index (κ3) is 3.30. The standard InChI is InChI=1S/C15H9ClFNO3/c16-11-4-5-12(15(19)20)13(6-11)21-8-10-3-1-2-9(7-18)14(10)17/h1-6H,8H2,(H,19,20). The first kappa shape index (κ1) is 14.8. The number of hydrogen-bond donors (Lipinski definition) is 1. The molecule has 0 heterocycles. The van der Waals surface area contributed by atoms with Gasteiger partial charge in [-0.3, -0.25) is 0 Å². The summed E-state index contributed by atoms with van der Waals surface area (Å²) in [6.45, 7) is -0.206. The molecule has 0 bridgehead atoms. The highest BCUT2D eigenvalue weighted by Crippen LogP contribution is 2.25. The summed E-state index contributed by atoms with van der Waals surface area (Å²) in [4.78, 5) is 11.1. The van der Waals surface area contributed by atoms with Gasteiger partial charge in [-0.1, -0.05) is 23.7 Å². The van der Waals surface area contributed by atoms with Gasteiger partial charge in [0, 0.05) is 10.6 Å². The number of hydrogen-bond acceptors (Lipinski definition) is 3. The molecular weight excluding hydrogens is 297 g/mol. The van der Waals surface area contributed by atoms with Gasteiger partial charge in [0.2, 0.25) is 0 Å². The molecule has 0 spiro atoms. The van der Waals surface area contributed by atoms with Gasteiger partial charge in [0.25, 0.3) is 0 Å². The number of carbonyl (C=O) groups is 1. The Morgan fingerprint density at radius 2 is 2.14 bits per heavy atom. The number of nitriles is 1. The fraction of sp³-hybridized carbons (Fsp3) is 0.0667. The largest absolute Gasteiger partial charge is 0.488 e. The minimum absolute atomic E-state index is 0.0387. The molecule has 0 unspecified atom stereocenters. The molecule has 0 amide bonds. The zero-order valence-electron chi connectivity index (χ0n) is 10.6. The third-order valence-electron chi connectivity index (χ3n) is 2.76. The van der Waals surface area contributed by atoms with E-state index in [-0.39, 0.29) is 29.0 Å². The van der Waals surface area contributed by atoms with Gasteiger partial charge in [0.05, 0.1) is 5.56 Å². The van der Waals surface area contributed by atoms with Gasteiger partial charge in [-0.2, -0.15) is 5.26 Å². The van der Waals surface area contributed by atoms with E-state index >= 15 is 0 Å². The zero-order chi connectivity index (χ0) is 15.4. The molecule has 0 saturated heterocycles. The van der Waals surface area contributed by atoms with Crippen LogP contribution in [0.2, 0.25) is 5.02 Å². The predicted molar refractivity (Wildman–Crippen MR) is 73.9 cm³/mol. The van der Waals surface area contributed by atoms with E-state index in [2.05, 4.69) is 0 Å². The average molecular weight is 306 g/mol. The molecule has 4 nitrogen and oxygen atoms in total. The summed E-state index contributed by atoms with van der Waals surface area (Å²) in [6, 6.07) is 10.1. The summed E-state index contributed by atoms with van der Waals surface area (Å²) >= 11 is 5.79. The highest BCUT2D eigenvalue weighted by Gasteiger charge is 2.13.